The molecule has 0 aliphatic heterocycles. The van der Waals surface area contributed by atoms with E-state index in [2.05, 4.69) is 52.0 Å². The van der Waals surface area contributed by atoms with E-state index in [0.29, 0.717) is 18.9 Å². The molecule has 0 unspecified atom stereocenters. The van der Waals surface area contributed by atoms with Crippen LogP contribution in [0.3, 0.4) is 0 Å². The van der Waals surface area contributed by atoms with Crippen molar-refractivity contribution in [1.29, 1.82) is 0 Å². The van der Waals surface area contributed by atoms with Gasteiger partial charge in [-0.1, -0.05) is 42.0 Å². The summed E-state index contributed by atoms with van der Waals surface area (Å²) in [6.07, 6.45) is 0. The first kappa shape index (κ1) is 18.4. The maximum Gasteiger partial charge on any atom is 0.272 e. The fourth-order valence-electron chi connectivity index (χ4n) is 2.46. The molecule has 0 radical (unpaired) electrons. The van der Waals surface area contributed by atoms with Gasteiger partial charge >= 0.3 is 0 Å². The number of benzene rings is 2. The number of amides is 1. The molecule has 0 bridgehead atoms. The van der Waals surface area contributed by atoms with Crippen molar-refractivity contribution in [2.75, 3.05) is 12.4 Å². The van der Waals surface area contributed by atoms with Crippen molar-refractivity contribution in [3.05, 3.63) is 83.0 Å². The van der Waals surface area contributed by atoms with Crippen LogP contribution in [0, 0.1) is 6.92 Å². The summed E-state index contributed by atoms with van der Waals surface area (Å²) in [5.74, 6) is 1.15. The molecule has 3 aromatic rings. The third-order valence-electron chi connectivity index (χ3n) is 4.10. The molecule has 0 atom stereocenters. The Kier molecular flexibility index (Phi) is 5.99. The highest BCUT2D eigenvalue weighted by Crippen LogP contribution is 2.11. The van der Waals surface area contributed by atoms with Gasteiger partial charge in [0.25, 0.3) is 5.91 Å². The fraction of sp³-hybridized carbons (Fsp3) is 0.190. The van der Waals surface area contributed by atoms with Gasteiger partial charge in [0.1, 0.15) is 11.6 Å². The highest BCUT2D eigenvalue weighted by molar-refractivity contribution is 5.92. The summed E-state index contributed by atoms with van der Waals surface area (Å²) in [5.41, 5.74) is 3.64. The van der Waals surface area contributed by atoms with E-state index in [0.717, 1.165) is 16.9 Å². The molecule has 0 aliphatic carbocycles. The second kappa shape index (κ2) is 8.80. The lowest BCUT2D eigenvalue weighted by molar-refractivity contribution is 0.0945. The van der Waals surface area contributed by atoms with Gasteiger partial charge in [0.15, 0.2) is 5.69 Å². The maximum absolute atomic E-state index is 12.2. The van der Waals surface area contributed by atoms with Crippen molar-refractivity contribution in [3.63, 3.8) is 0 Å². The SMILES string of the molecule is COc1ccc(CNC(=O)c2ccc(NCc3ccc(C)cc3)nn2)cc1. The van der Waals surface area contributed by atoms with Crippen LogP contribution in [0.25, 0.3) is 0 Å². The van der Waals surface area contributed by atoms with Gasteiger partial charge in [-0.25, -0.2) is 0 Å². The van der Waals surface area contributed by atoms with E-state index in [4.69, 9.17) is 4.74 Å². The molecule has 0 spiro atoms. The second-order valence-corrected chi connectivity index (χ2v) is 6.17. The Balaban J connectivity index is 1.51. The van der Waals surface area contributed by atoms with Crippen LogP contribution >= 0.6 is 0 Å². The minimum atomic E-state index is -0.261. The first-order chi connectivity index (χ1) is 13.1. The van der Waals surface area contributed by atoms with Gasteiger partial charge < -0.3 is 15.4 Å². The number of ether oxygens (including phenoxy) is 1. The predicted octanol–water partition coefficient (Wildman–Crippen LogP) is 3.34. The Morgan fingerprint density at radius 1 is 0.889 bits per heavy atom. The lowest BCUT2D eigenvalue weighted by Gasteiger charge is -2.07. The Morgan fingerprint density at radius 2 is 1.56 bits per heavy atom. The van der Waals surface area contributed by atoms with Crippen LogP contribution in [0.2, 0.25) is 0 Å². The molecule has 1 amide bonds. The molecule has 3 rings (SSSR count). The summed E-state index contributed by atoms with van der Waals surface area (Å²) in [6, 6.07) is 19.2. The van der Waals surface area contributed by atoms with Crippen molar-refractivity contribution in [2.45, 2.75) is 20.0 Å². The summed E-state index contributed by atoms with van der Waals surface area (Å²) in [6.45, 7) is 3.12. The minimum absolute atomic E-state index is 0.261. The zero-order valence-electron chi connectivity index (χ0n) is 15.4. The van der Waals surface area contributed by atoms with Crippen LogP contribution in [-0.4, -0.2) is 23.2 Å². The first-order valence-corrected chi connectivity index (χ1v) is 8.68. The molecule has 0 saturated carbocycles. The first-order valence-electron chi connectivity index (χ1n) is 8.68. The van der Waals surface area contributed by atoms with Crippen molar-refractivity contribution < 1.29 is 9.53 Å². The minimum Gasteiger partial charge on any atom is -0.497 e. The molecule has 2 aromatic carbocycles. The number of nitrogens with zero attached hydrogens (tertiary/aromatic N) is 2. The molecule has 2 N–H and O–H groups in total. The third-order valence-corrected chi connectivity index (χ3v) is 4.10. The van der Waals surface area contributed by atoms with Gasteiger partial charge in [0.2, 0.25) is 0 Å². The summed E-state index contributed by atoms with van der Waals surface area (Å²) in [7, 11) is 1.62. The molecule has 0 saturated heterocycles. The lowest BCUT2D eigenvalue weighted by atomic mass is 10.1. The molecule has 0 fully saturated rings. The van der Waals surface area contributed by atoms with Crippen LogP contribution in [0.1, 0.15) is 27.2 Å². The van der Waals surface area contributed by atoms with Crippen molar-refractivity contribution in [3.8, 4) is 5.75 Å². The predicted molar refractivity (Wildman–Crippen MR) is 105 cm³/mol. The molecule has 1 aromatic heterocycles. The van der Waals surface area contributed by atoms with Crippen molar-refractivity contribution in [2.24, 2.45) is 0 Å². The third kappa shape index (κ3) is 5.28. The molecule has 0 aliphatic rings. The number of nitrogens with one attached hydrogen (secondary N) is 2. The summed E-state index contributed by atoms with van der Waals surface area (Å²) >= 11 is 0. The molecule has 138 valence electrons. The lowest BCUT2D eigenvalue weighted by Crippen LogP contribution is -2.24. The highest BCUT2D eigenvalue weighted by atomic mass is 16.5. The highest BCUT2D eigenvalue weighted by Gasteiger charge is 2.08. The van der Waals surface area contributed by atoms with Gasteiger partial charge in [0.05, 0.1) is 7.11 Å². The molecule has 6 nitrogen and oxygen atoms in total. The van der Waals surface area contributed by atoms with Crippen molar-refractivity contribution >= 4 is 11.7 Å². The van der Waals surface area contributed by atoms with Crippen LogP contribution in [0.5, 0.6) is 5.75 Å². The number of rotatable bonds is 7. The van der Waals surface area contributed by atoms with Crippen molar-refractivity contribution in [1.82, 2.24) is 15.5 Å². The van der Waals surface area contributed by atoms with Gasteiger partial charge in [-0.15, -0.1) is 10.2 Å². The van der Waals surface area contributed by atoms with E-state index < -0.39 is 0 Å². The number of carbonyl (C=O) groups excluding carboxylic acids is 1. The van der Waals surface area contributed by atoms with Gasteiger partial charge in [-0.2, -0.15) is 0 Å². The Hall–Kier alpha value is -3.41. The monoisotopic (exact) mass is 362 g/mol. The average molecular weight is 362 g/mol. The summed E-state index contributed by atoms with van der Waals surface area (Å²) in [4.78, 5) is 12.2. The second-order valence-electron chi connectivity index (χ2n) is 6.17. The average Bonchev–Trinajstić information content (AvgIpc) is 2.72. The quantitative estimate of drug-likeness (QED) is 0.674. The molecular weight excluding hydrogens is 340 g/mol. The van der Waals surface area contributed by atoms with Gasteiger partial charge in [-0.3, -0.25) is 4.79 Å². The largest absolute Gasteiger partial charge is 0.497 e. The van der Waals surface area contributed by atoms with E-state index in [1.54, 1.807) is 19.2 Å². The molecule has 1 heterocycles. The number of aromatic nitrogens is 2. The number of aryl methyl sites for hydroxylation is 1. The van der Waals surface area contributed by atoms with E-state index in [1.165, 1.54) is 5.56 Å². The van der Waals surface area contributed by atoms with E-state index in [1.807, 2.05) is 24.3 Å². The Morgan fingerprint density at radius 3 is 2.19 bits per heavy atom. The maximum atomic E-state index is 12.2. The van der Waals surface area contributed by atoms with E-state index in [9.17, 15) is 4.79 Å². The molecular formula is C21H22N4O2. The normalized spacial score (nSPS) is 10.3. The summed E-state index contributed by atoms with van der Waals surface area (Å²) in [5, 5.41) is 14.1. The Bertz CT molecular complexity index is 876. The van der Waals surface area contributed by atoms with Crippen LogP contribution in [0.4, 0.5) is 5.82 Å². The fourth-order valence-corrected chi connectivity index (χ4v) is 2.46. The van der Waals surface area contributed by atoms with E-state index >= 15 is 0 Å². The topological polar surface area (TPSA) is 76.1 Å². The standard InChI is InChI=1S/C21H22N4O2/c1-15-3-5-16(6-4-15)13-22-20-12-11-19(24-25-20)21(26)23-14-17-7-9-18(27-2)10-8-17/h3-12H,13-14H2,1-2H3,(H,22,25)(H,23,26). The van der Waals surface area contributed by atoms with Crippen LogP contribution < -0.4 is 15.4 Å². The smallest absolute Gasteiger partial charge is 0.272 e. The van der Waals surface area contributed by atoms with Crippen LogP contribution in [0.15, 0.2) is 60.7 Å². The number of anilines is 1. The number of methoxy groups -OCH3 is 1. The van der Waals surface area contributed by atoms with Gasteiger partial charge in [0, 0.05) is 13.1 Å². The number of carbonyl (C=O) groups is 1. The van der Waals surface area contributed by atoms with E-state index in [-0.39, 0.29) is 11.6 Å². The molecule has 27 heavy (non-hydrogen) atoms. The zero-order chi connectivity index (χ0) is 19.1. The Labute approximate surface area is 158 Å². The number of hydrogen-bond acceptors (Lipinski definition) is 5. The molecule has 6 heteroatoms. The van der Waals surface area contributed by atoms with Crippen LogP contribution in [-0.2, 0) is 13.1 Å². The number of hydrogen-bond donors (Lipinski definition) is 2. The summed E-state index contributed by atoms with van der Waals surface area (Å²) < 4.78 is 5.12. The van der Waals surface area contributed by atoms with Gasteiger partial charge in [-0.05, 0) is 42.3 Å². The zero-order valence-corrected chi connectivity index (χ0v) is 15.4.